The third kappa shape index (κ3) is 2.65. The van der Waals surface area contributed by atoms with Crippen LogP contribution in [0.15, 0.2) is 36.0 Å². The molecule has 0 spiro atoms. The van der Waals surface area contributed by atoms with Gasteiger partial charge in [0.25, 0.3) is 11.8 Å². The number of likely N-dealkylation sites (N-methyl/N-ethyl adjacent to an activating group) is 2. The van der Waals surface area contributed by atoms with Crippen LogP contribution < -0.4 is 0 Å². The van der Waals surface area contributed by atoms with Crippen LogP contribution in [0.2, 0.25) is 0 Å². The normalized spacial score (nSPS) is 16.4. The van der Waals surface area contributed by atoms with E-state index >= 15 is 0 Å². The number of carbonyl (C=O) groups is 4. The Labute approximate surface area is 148 Å². The number of hydrogen-bond donors (Lipinski definition) is 1. The SMILES string of the molecule is C[C@H](C(=O)O)n1ccc2cc(C=C3C(=O)N(C)C(=O)N(C)C3=O)ccc21. The van der Waals surface area contributed by atoms with Crippen LogP contribution in [0.5, 0.6) is 0 Å². The van der Waals surface area contributed by atoms with Crippen molar-refractivity contribution in [1.29, 1.82) is 0 Å². The van der Waals surface area contributed by atoms with E-state index < -0.39 is 29.9 Å². The molecular formula is C18H17N3O5. The van der Waals surface area contributed by atoms with Gasteiger partial charge in [-0.3, -0.25) is 19.4 Å². The van der Waals surface area contributed by atoms with Gasteiger partial charge in [0, 0.05) is 31.2 Å². The van der Waals surface area contributed by atoms with E-state index in [1.165, 1.54) is 20.2 Å². The summed E-state index contributed by atoms with van der Waals surface area (Å²) in [6, 6.07) is 5.56. The number of carbonyl (C=O) groups excluding carboxylic acids is 3. The predicted octanol–water partition coefficient (Wildman–Crippen LogP) is 1.72. The zero-order valence-corrected chi connectivity index (χ0v) is 14.5. The van der Waals surface area contributed by atoms with Gasteiger partial charge >= 0.3 is 12.0 Å². The summed E-state index contributed by atoms with van der Waals surface area (Å²) >= 11 is 0. The molecule has 2 heterocycles. The van der Waals surface area contributed by atoms with Gasteiger partial charge in [0.2, 0.25) is 0 Å². The average molecular weight is 355 g/mol. The molecule has 1 saturated heterocycles. The fourth-order valence-electron chi connectivity index (χ4n) is 2.87. The number of urea groups is 1. The summed E-state index contributed by atoms with van der Waals surface area (Å²) in [6.45, 7) is 1.58. The largest absolute Gasteiger partial charge is 0.480 e. The number of benzene rings is 1. The predicted molar refractivity (Wildman–Crippen MR) is 93.2 cm³/mol. The molecular weight excluding hydrogens is 338 g/mol. The maximum Gasteiger partial charge on any atom is 0.333 e. The zero-order chi connectivity index (χ0) is 19.2. The maximum absolute atomic E-state index is 12.2. The number of amides is 4. The van der Waals surface area contributed by atoms with E-state index in [-0.39, 0.29) is 5.57 Å². The molecule has 0 saturated carbocycles. The van der Waals surface area contributed by atoms with E-state index in [0.29, 0.717) is 5.56 Å². The Morgan fingerprint density at radius 1 is 1.08 bits per heavy atom. The van der Waals surface area contributed by atoms with E-state index in [0.717, 1.165) is 20.7 Å². The Balaban J connectivity index is 2.02. The Hall–Kier alpha value is -3.42. The highest BCUT2D eigenvalue weighted by Crippen LogP contribution is 2.24. The monoisotopic (exact) mass is 355 g/mol. The van der Waals surface area contributed by atoms with E-state index in [2.05, 4.69) is 0 Å². The Kier molecular flexibility index (Phi) is 4.11. The number of barbiturate groups is 1. The molecule has 134 valence electrons. The molecule has 8 heteroatoms. The van der Waals surface area contributed by atoms with Crippen molar-refractivity contribution in [3.8, 4) is 0 Å². The number of rotatable bonds is 3. The lowest BCUT2D eigenvalue weighted by atomic mass is 10.1. The summed E-state index contributed by atoms with van der Waals surface area (Å²) in [5, 5.41) is 9.95. The molecule has 1 aromatic carbocycles. The Bertz CT molecular complexity index is 962. The molecule has 26 heavy (non-hydrogen) atoms. The van der Waals surface area contributed by atoms with Crippen LogP contribution in [0.1, 0.15) is 18.5 Å². The highest BCUT2D eigenvalue weighted by atomic mass is 16.4. The number of aliphatic carboxylic acids is 1. The Morgan fingerprint density at radius 3 is 2.27 bits per heavy atom. The molecule has 0 bridgehead atoms. The molecule has 2 aromatic rings. The van der Waals surface area contributed by atoms with Crippen LogP contribution in [0.25, 0.3) is 17.0 Å². The maximum atomic E-state index is 12.2. The van der Waals surface area contributed by atoms with Gasteiger partial charge in [0.15, 0.2) is 0 Å². The first kappa shape index (κ1) is 17.4. The third-order valence-electron chi connectivity index (χ3n) is 4.47. The summed E-state index contributed by atoms with van der Waals surface area (Å²) < 4.78 is 1.63. The first-order chi connectivity index (χ1) is 12.2. The highest BCUT2D eigenvalue weighted by Gasteiger charge is 2.37. The quantitative estimate of drug-likeness (QED) is 0.667. The first-order valence-corrected chi connectivity index (χ1v) is 7.87. The standard InChI is InChI=1S/C18H17N3O5/c1-10(17(24)25)21-7-6-12-8-11(4-5-14(12)21)9-13-15(22)19(2)18(26)20(3)16(13)23/h4-10H,1-3H3,(H,24,25)/t10-/m1/s1. The first-order valence-electron chi connectivity index (χ1n) is 7.87. The summed E-state index contributed by atoms with van der Waals surface area (Å²) in [6.07, 6.45) is 3.11. The van der Waals surface area contributed by atoms with Crippen LogP contribution in [0.4, 0.5) is 4.79 Å². The van der Waals surface area contributed by atoms with Gasteiger partial charge in [-0.15, -0.1) is 0 Å². The lowest BCUT2D eigenvalue weighted by Crippen LogP contribution is -2.52. The van der Waals surface area contributed by atoms with Crippen molar-refractivity contribution < 1.29 is 24.3 Å². The van der Waals surface area contributed by atoms with Crippen molar-refractivity contribution in [1.82, 2.24) is 14.4 Å². The van der Waals surface area contributed by atoms with Gasteiger partial charge in [-0.2, -0.15) is 0 Å². The number of carboxylic acids is 1. The summed E-state index contributed by atoms with van der Waals surface area (Å²) in [7, 11) is 2.64. The molecule has 1 aromatic heterocycles. The molecule has 1 fully saturated rings. The number of aromatic nitrogens is 1. The van der Waals surface area contributed by atoms with Crippen molar-refractivity contribution >= 4 is 40.8 Å². The minimum Gasteiger partial charge on any atom is -0.480 e. The zero-order valence-electron chi connectivity index (χ0n) is 14.5. The van der Waals surface area contributed by atoms with Crippen molar-refractivity contribution in [2.24, 2.45) is 0 Å². The van der Waals surface area contributed by atoms with Crippen molar-refractivity contribution in [3.05, 3.63) is 41.6 Å². The number of fused-ring (bicyclic) bond motifs is 1. The number of carboxylic acid groups (broad SMARTS) is 1. The summed E-state index contributed by atoms with van der Waals surface area (Å²) in [4.78, 5) is 49.2. The lowest BCUT2D eigenvalue weighted by Gasteiger charge is -2.28. The van der Waals surface area contributed by atoms with E-state index in [4.69, 9.17) is 0 Å². The van der Waals surface area contributed by atoms with E-state index in [1.54, 1.807) is 42.0 Å². The second kappa shape index (κ2) is 6.14. The molecule has 4 amide bonds. The van der Waals surface area contributed by atoms with Crippen LogP contribution in [0.3, 0.4) is 0 Å². The van der Waals surface area contributed by atoms with Gasteiger partial charge in [0.1, 0.15) is 11.6 Å². The minimum absolute atomic E-state index is 0.104. The smallest absolute Gasteiger partial charge is 0.333 e. The van der Waals surface area contributed by atoms with Crippen molar-refractivity contribution in [2.75, 3.05) is 14.1 Å². The molecule has 1 aliphatic rings. The fourth-order valence-corrected chi connectivity index (χ4v) is 2.87. The molecule has 1 atom stereocenters. The highest BCUT2D eigenvalue weighted by molar-refractivity contribution is 6.30. The second-order valence-electron chi connectivity index (χ2n) is 6.12. The topological polar surface area (TPSA) is 99.9 Å². The van der Waals surface area contributed by atoms with Gasteiger partial charge in [0.05, 0.1) is 0 Å². The molecule has 3 rings (SSSR count). The van der Waals surface area contributed by atoms with Crippen LogP contribution >= 0.6 is 0 Å². The van der Waals surface area contributed by atoms with E-state index in [1.807, 2.05) is 0 Å². The lowest BCUT2D eigenvalue weighted by molar-refractivity contribution is -0.140. The Morgan fingerprint density at radius 2 is 1.69 bits per heavy atom. The number of hydrogen-bond acceptors (Lipinski definition) is 4. The van der Waals surface area contributed by atoms with Crippen LogP contribution in [-0.4, -0.2) is 57.4 Å². The number of imide groups is 2. The summed E-state index contributed by atoms with van der Waals surface area (Å²) in [5.74, 6) is -2.26. The molecule has 0 radical (unpaired) electrons. The number of nitrogens with zero attached hydrogens (tertiary/aromatic N) is 3. The van der Waals surface area contributed by atoms with Crippen molar-refractivity contribution in [3.63, 3.8) is 0 Å². The molecule has 8 nitrogen and oxygen atoms in total. The molecule has 1 N–H and O–H groups in total. The molecule has 0 unspecified atom stereocenters. The van der Waals surface area contributed by atoms with Crippen molar-refractivity contribution in [2.45, 2.75) is 13.0 Å². The fraction of sp³-hybridized carbons (Fsp3) is 0.222. The van der Waals surface area contributed by atoms with Gasteiger partial charge in [-0.1, -0.05) is 6.07 Å². The third-order valence-corrected chi connectivity index (χ3v) is 4.47. The van der Waals surface area contributed by atoms with E-state index in [9.17, 15) is 24.3 Å². The molecule has 0 aliphatic carbocycles. The average Bonchev–Trinajstić information content (AvgIpc) is 3.04. The molecule has 1 aliphatic heterocycles. The van der Waals surface area contributed by atoms with Gasteiger partial charge < -0.3 is 9.67 Å². The second-order valence-corrected chi connectivity index (χ2v) is 6.12. The van der Waals surface area contributed by atoms with Gasteiger partial charge in [-0.25, -0.2) is 9.59 Å². The minimum atomic E-state index is -0.942. The van der Waals surface area contributed by atoms with Gasteiger partial charge in [-0.05, 0) is 36.8 Å². The summed E-state index contributed by atoms with van der Waals surface area (Å²) in [5.41, 5.74) is 1.23. The van der Waals surface area contributed by atoms with Crippen LogP contribution in [0, 0.1) is 0 Å². The van der Waals surface area contributed by atoms with Crippen LogP contribution in [-0.2, 0) is 14.4 Å².